The van der Waals surface area contributed by atoms with Gasteiger partial charge in [0.15, 0.2) is 0 Å². The van der Waals surface area contributed by atoms with Gasteiger partial charge in [-0.1, -0.05) is 72.2 Å². The number of hydrogen-bond donors (Lipinski definition) is 0. The van der Waals surface area contributed by atoms with Crippen LogP contribution in [0.5, 0.6) is 0 Å². The van der Waals surface area contributed by atoms with Gasteiger partial charge in [-0.2, -0.15) is 4.98 Å². The van der Waals surface area contributed by atoms with Gasteiger partial charge in [-0.15, -0.1) is 0 Å². The Kier molecular flexibility index (Phi) is 3.91. The van der Waals surface area contributed by atoms with E-state index in [0.717, 1.165) is 27.2 Å². The Morgan fingerprint density at radius 1 is 0.595 bits per heavy atom. The second-order valence-corrected chi connectivity index (χ2v) is 10.8. The number of hydrogen-bond acceptors (Lipinski definition) is 3. The van der Waals surface area contributed by atoms with E-state index < -0.39 is 0 Å². The molecule has 0 saturated heterocycles. The third-order valence-corrected chi connectivity index (χ3v) is 8.70. The molecule has 0 N–H and O–H groups in total. The molecule has 0 fully saturated rings. The standard InChI is InChI=1S/C36H18N6/c1-37-35-33-26(13-8-16-38-33)39-36(40-35)42-29-18-21-10-3-2-9-20(21)17-25(29)31-30(42)19-24-22-11-4-6-14-27(22)41-28-15-7-5-12-23(28)32(31)34(24)41/h2-19H. The van der Waals surface area contributed by atoms with Gasteiger partial charge in [0, 0.05) is 38.5 Å². The molecule has 6 heteroatoms. The average Bonchev–Trinajstić information content (AvgIpc) is 3.67. The van der Waals surface area contributed by atoms with E-state index in [-0.39, 0.29) is 5.82 Å². The molecule has 10 rings (SSSR count). The van der Waals surface area contributed by atoms with E-state index in [9.17, 15) is 0 Å². The van der Waals surface area contributed by atoms with Crippen molar-refractivity contribution in [2.45, 2.75) is 0 Å². The van der Waals surface area contributed by atoms with Gasteiger partial charge in [0.2, 0.25) is 0 Å². The Bertz CT molecular complexity index is 2810. The van der Waals surface area contributed by atoms with Crippen molar-refractivity contribution in [3.05, 3.63) is 121 Å². The third-order valence-electron chi connectivity index (χ3n) is 8.70. The van der Waals surface area contributed by atoms with Gasteiger partial charge in [0.1, 0.15) is 5.52 Å². The van der Waals surface area contributed by atoms with E-state index >= 15 is 0 Å². The van der Waals surface area contributed by atoms with Crippen molar-refractivity contribution in [3.8, 4) is 5.95 Å². The first-order valence-corrected chi connectivity index (χ1v) is 13.8. The van der Waals surface area contributed by atoms with E-state index in [1.165, 1.54) is 43.5 Å². The van der Waals surface area contributed by atoms with Crippen LogP contribution in [0.1, 0.15) is 0 Å². The molecule has 0 aliphatic rings. The van der Waals surface area contributed by atoms with Gasteiger partial charge in [-0.05, 0) is 53.2 Å². The Hall–Kier alpha value is -6.06. The lowest BCUT2D eigenvalue weighted by Crippen LogP contribution is -2.02. The number of fused-ring (bicyclic) bond motifs is 12. The molecule has 10 aromatic rings. The largest absolute Gasteiger partial charge is 0.359 e. The Morgan fingerprint density at radius 2 is 1.33 bits per heavy atom. The highest BCUT2D eigenvalue weighted by molar-refractivity contribution is 6.36. The predicted molar refractivity (Wildman–Crippen MR) is 170 cm³/mol. The summed E-state index contributed by atoms with van der Waals surface area (Å²) in [7, 11) is 0. The van der Waals surface area contributed by atoms with Crippen LogP contribution in [0, 0.1) is 6.57 Å². The highest BCUT2D eigenvalue weighted by Crippen LogP contribution is 2.47. The topological polar surface area (TPSA) is 52.4 Å². The fourth-order valence-corrected chi connectivity index (χ4v) is 7.03. The Labute approximate surface area is 237 Å². The molecule has 0 unspecified atom stereocenters. The van der Waals surface area contributed by atoms with Crippen molar-refractivity contribution in [1.82, 2.24) is 23.9 Å². The van der Waals surface area contributed by atoms with Crippen LogP contribution in [0.2, 0.25) is 0 Å². The quantitative estimate of drug-likeness (QED) is 0.198. The van der Waals surface area contributed by atoms with Crippen molar-refractivity contribution in [1.29, 1.82) is 0 Å². The number of aromatic nitrogens is 5. The third kappa shape index (κ3) is 2.56. The van der Waals surface area contributed by atoms with E-state index in [2.05, 4.69) is 110 Å². The molecule has 0 radical (unpaired) electrons. The maximum Gasteiger partial charge on any atom is 0.332 e. The second-order valence-electron chi connectivity index (χ2n) is 10.8. The molecule has 0 aliphatic heterocycles. The monoisotopic (exact) mass is 534 g/mol. The molecule has 0 aliphatic carbocycles. The number of benzene rings is 5. The van der Waals surface area contributed by atoms with Crippen LogP contribution >= 0.6 is 0 Å². The molecular formula is C36H18N6. The first kappa shape index (κ1) is 21.7. The zero-order chi connectivity index (χ0) is 27.5. The van der Waals surface area contributed by atoms with Crippen molar-refractivity contribution >= 4 is 87.5 Å². The van der Waals surface area contributed by atoms with E-state index in [0.29, 0.717) is 17.0 Å². The normalized spacial score (nSPS) is 12.3. The Balaban J connectivity index is 1.52. The lowest BCUT2D eigenvalue weighted by Gasteiger charge is -2.06. The molecule has 42 heavy (non-hydrogen) atoms. The lowest BCUT2D eigenvalue weighted by atomic mass is 10.0. The van der Waals surface area contributed by atoms with Crippen LogP contribution in [0.15, 0.2) is 109 Å². The predicted octanol–water partition coefficient (Wildman–Crippen LogP) is 8.98. The van der Waals surface area contributed by atoms with Gasteiger partial charge in [0.05, 0.1) is 33.1 Å². The zero-order valence-electron chi connectivity index (χ0n) is 22.1. The minimum Gasteiger partial charge on any atom is -0.359 e. The fraction of sp³-hybridized carbons (Fsp3) is 0. The molecule has 0 bridgehead atoms. The van der Waals surface area contributed by atoms with Crippen molar-refractivity contribution in [3.63, 3.8) is 0 Å². The maximum atomic E-state index is 7.89. The summed E-state index contributed by atoms with van der Waals surface area (Å²) in [4.78, 5) is 18.0. The van der Waals surface area contributed by atoms with Gasteiger partial charge in [-0.25, -0.2) is 0 Å². The van der Waals surface area contributed by atoms with Crippen LogP contribution in [0.4, 0.5) is 5.82 Å². The van der Waals surface area contributed by atoms with Crippen molar-refractivity contribution in [2.24, 2.45) is 0 Å². The van der Waals surface area contributed by atoms with E-state index in [1.807, 2.05) is 12.1 Å². The SMILES string of the molecule is [C-]#[N+]c1nc(-n2c3cc4ccccc4cc3c3c4c5ccccc5n5c6ccccc6c(cc32)c45)nc2cccnc12. The molecule has 5 heterocycles. The molecule has 0 saturated carbocycles. The van der Waals surface area contributed by atoms with Crippen molar-refractivity contribution < 1.29 is 0 Å². The lowest BCUT2D eigenvalue weighted by molar-refractivity contribution is 1.02. The van der Waals surface area contributed by atoms with Crippen LogP contribution in [-0.2, 0) is 0 Å². The number of pyridine rings is 1. The number of nitrogens with zero attached hydrogens (tertiary/aromatic N) is 6. The highest BCUT2D eigenvalue weighted by atomic mass is 15.2. The fourth-order valence-electron chi connectivity index (χ4n) is 7.03. The first-order valence-electron chi connectivity index (χ1n) is 13.8. The summed E-state index contributed by atoms with van der Waals surface area (Å²) in [6, 6.07) is 36.3. The summed E-state index contributed by atoms with van der Waals surface area (Å²) < 4.78 is 4.55. The summed E-state index contributed by atoms with van der Waals surface area (Å²) in [5.41, 5.74) is 6.79. The second kappa shape index (κ2) is 7.57. The molecule has 6 nitrogen and oxygen atoms in total. The first-order chi connectivity index (χ1) is 20.8. The van der Waals surface area contributed by atoms with Gasteiger partial charge < -0.3 is 9.25 Å². The highest BCUT2D eigenvalue weighted by Gasteiger charge is 2.26. The minimum absolute atomic E-state index is 0.249. The van der Waals surface area contributed by atoms with Gasteiger partial charge in [-0.3, -0.25) is 9.55 Å². The molecular weight excluding hydrogens is 516 g/mol. The van der Waals surface area contributed by atoms with E-state index in [4.69, 9.17) is 16.5 Å². The molecule has 0 amide bonds. The van der Waals surface area contributed by atoms with Gasteiger partial charge in [0.25, 0.3) is 0 Å². The van der Waals surface area contributed by atoms with Crippen LogP contribution < -0.4 is 0 Å². The molecule has 192 valence electrons. The van der Waals surface area contributed by atoms with Gasteiger partial charge >= 0.3 is 11.8 Å². The molecule has 5 aromatic heterocycles. The van der Waals surface area contributed by atoms with Crippen molar-refractivity contribution in [2.75, 3.05) is 0 Å². The average molecular weight is 535 g/mol. The Morgan fingerprint density at radius 3 is 2.17 bits per heavy atom. The zero-order valence-corrected chi connectivity index (χ0v) is 22.1. The minimum atomic E-state index is 0.249. The van der Waals surface area contributed by atoms with E-state index in [1.54, 1.807) is 6.20 Å². The van der Waals surface area contributed by atoms with Crippen LogP contribution in [-0.4, -0.2) is 23.9 Å². The maximum absolute atomic E-state index is 7.89. The number of rotatable bonds is 1. The molecule has 0 atom stereocenters. The van der Waals surface area contributed by atoms with Crippen LogP contribution in [0.25, 0.3) is 92.5 Å². The number of para-hydroxylation sites is 2. The summed E-state index contributed by atoms with van der Waals surface area (Å²) in [6.07, 6.45) is 1.68. The molecule has 5 aromatic carbocycles. The summed E-state index contributed by atoms with van der Waals surface area (Å²) in [6.45, 7) is 7.89. The summed E-state index contributed by atoms with van der Waals surface area (Å²) in [5.74, 6) is 0.720. The molecule has 0 spiro atoms. The van der Waals surface area contributed by atoms with Crippen LogP contribution in [0.3, 0.4) is 0 Å². The smallest absolute Gasteiger partial charge is 0.332 e. The summed E-state index contributed by atoms with van der Waals surface area (Å²) >= 11 is 0. The summed E-state index contributed by atoms with van der Waals surface area (Å²) in [5, 5.41) is 9.44.